The minimum atomic E-state index is -5.70. The van der Waals surface area contributed by atoms with Crippen molar-refractivity contribution < 1.29 is 46.7 Å². The Morgan fingerprint density at radius 3 is 2.10 bits per heavy atom. The summed E-state index contributed by atoms with van der Waals surface area (Å²) in [6, 6.07) is 0. The van der Waals surface area contributed by atoms with Crippen molar-refractivity contribution in [2.75, 3.05) is 26.4 Å². The van der Waals surface area contributed by atoms with E-state index in [0.717, 1.165) is 0 Å². The lowest BCUT2D eigenvalue weighted by Gasteiger charge is -2.36. The molecule has 1 aliphatic rings. The Bertz CT molecular complexity index is 345. The highest BCUT2D eigenvalue weighted by atomic mass is 19.4. The van der Waals surface area contributed by atoms with E-state index in [1.54, 1.807) is 0 Å². The average molecular weight is 310 g/mol. The van der Waals surface area contributed by atoms with Crippen molar-refractivity contribution in [1.29, 1.82) is 0 Å². The Morgan fingerprint density at radius 1 is 1.25 bits per heavy atom. The Labute approximate surface area is 110 Å². The highest BCUT2D eigenvalue weighted by molar-refractivity contribution is 5.09. The molecule has 10 heteroatoms. The summed E-state index contributed by atoms with van der Waals surface area (Å²) in [4.78, 5) is 0. The second-order valence-corrected chi connectivity index (χ2v) is 4.78. The van der Waals surface area contributed by atoms with E-state index in [-0.39, 0.29) is 0 Å². The number of hydrogen-bond donors (Lipinski definition) is 3. The predicted octanol–water partition coefficient (Wildman–Crippen LogP) is 0.279. The first-order chi connectivity index (χ1) is 8.95. The van der Waals surface area contributed by atoms with Crippen molar-refractivity contribution in [2.45, 2.75) is 30.4 Å². The molecule has 120 valence electrons. The fraction of sp³-hybridized carbons (Fsp3) is 1.00. The van der Waals surface area contributed by atoms with Crippen LogP contribution >= 0.6 is 0 Å². The monoisotopic (exact) mass is 310 g/mol. The molecule has 0 radical (unpaired) electrons. The topological polar surface area (TPSA) is 79.2 Å². The van der Waals surface area contributed by atoms with E-state index in [4.69, 9.17) is 15.3 Å². The molecule has 0 saturated carbocycles. The minimum absolute atomic E-state index is 0.595. The third-order valence-electron chi connectivity index (χ3n) is 3.18. The standard InChI is InChI=1S/C10H15F5O5/c1-7(19-4-6(2-16)3-17)5-20-9(18,8(7,11)12)10(13,14)15/h6,16-18H,2-5H2,1H3. The van der Waals surface area contributed by atoms with Crippen molar-refractivity contribution in [3.63, 3.8) is 0 Å². The molecule has 0 spiro atoms. The largest absolute Gasteiger partial charge is 0.449 e. The Morgan fingerprint density at radius 2 is 1.75 bits per heavy atom. The molecule has 1 rings (SSSR count). The molecule has 1 fully saturated rings. The van der Waals surface area contributed by atoms with E-state index >= 15 is 0 Å². The molecule has 0 aromatic heterocycles. The first-order valence-electron chi connectivity index (χ1n) is 5.61. The highest BCUT2D eigenvalue weighted by Gasteiger charge is 2.81. The zero-order valence-electron chi connectivity index (χ0n) is 10.5. The molecular formula is C10H15F5O5. The lowest BCUT2D eigenvalue weighted by Crippen LogP contribution is -2.63. The van der Waals surface area contributed by atoms with Crippen LogP contribution < -0.4 is 0 Å². The van der Waals surface area contributed by atoms with Crippen LogP contribution in [0.3, 0.4) is 0 Å². The number of hydrogen-bond acceptors (Lipinski definition) is 5. The quantitative estimate of drug-likeness (QED) is 0.636. The smallest absolute Gasteiger partial charge is 0.396 e. The molecule has 5 nitrogen and oxygen atoms in total. The summed E-state index contributed by atoms with van der Waals surface area (Å²) in [5, 5.41) is 26.6. The summed E-state index contributed by atoms with van der Waals surface area (Å²) in [5.74, 6) is -10.3. The van der Waals surface area contributed by atoms with Gasteiger partial charge < -0.3 is 24.8 Å². The molecule has 20 heavy (non-hydrogen) atoms. The van der Waals surface area contributed by atoms with Gasteiger partial charge in [-0.2, -0.15) is 22.0 Å². The Balaban J connectivity index is 2.93. The molecule has 2 atom stereocenters. The second kappa shape index (κ2) is 5.34. The van der Waals surface area contributed by atoms with Gasteiger partial charge in [-0.3, -0.25) is 0 Å². The zero-order valence-corrected chi connectivity index (χ0v) is 10.5. The molecule has 3 N–H and O–H groups in total. The first-order valence-corrected chi connectivity index (χ1v) is 5.61. The van der Waals surface area contributed by atoms with Crippen LogP contribution in [0.5, 0.6) is 0 Å². The lowest BCUT2D eigenvalue weighted by molar-refractivity contribution is -0.410. The van der Waals surface area contributed by atoms with Gasteiger partial charge in [0.05, 0.1) is 26.4 Å². The Kier molecular flexibility index (Phi) is 4.67. The van der Waals surface area contributed by atoms with Crippen molar-refractivity contribution >= 4 is 0 Å². The van der Waals surface area contributed by atoms with Gasteiger partial charge >= 0.3 is 17.9 Å². The molecule has 1 saturated heterocycles. The van der Waals surface area contributed by atoms with Gasteiger partial charge in [-0.15, -0.1) is 0 Å². The third kappa shape index (κ3) is 2.50. The van der Waals surface area contributed by atoms with E-state index in [0.29, 0.717) is 6.92 Å². The maximum atomic E-state index is 13.9. The van der Waals surface area contributed by atoms with Gasteiger partial charge in [0.15, 0.2) is 5.60 Å². The van der Waals surface area contributed by atoms with Crippen LogP contribution in [0.1, 0.15) is 6.92 Å². The van der Waals surface area contributed by atoms with Crippen molar-refractivity contribution in [1.82, 2.24) is 0 Å². The third-order valence-corrected chi connectivity index (χ3v) is 3.18. The summed E-state index contributed by atoms with van der Waals surface area (Å²) in [5.41, 5.74) is -2.74. The van der Waals surface area contributed by atoms with Crippen LogP contribution in [0.15, 0.2) is 0 Å². The van der Waals surface area contributed by atoms with Gasteiger partial charge in [0.1, 0.15) is 0 Å². The molecule has 2 unspecified atom stereocenters. The van der Waals surface area contributed by atoms with Crippen LogP contribution in [0.4, 0.5) is 22.0 Å². The maximum Gasteiger partial charge on any atom is 0.449 e. The van der Waals surface area contributed by atoms with E-state index < -0.39 is 55.8 Å². The second-order valence-electron chi connectivity index (χ2n) is 4.78. The van der Waals surface area contributed by atoms with Crippen LogP contribution in [0, 0.1) is 5.92 Å². The summed E-state index contributed by atoms with van der Waals surface area (Å²) in [6.07, 6.45) is -5.70. The summed E-state index contributed by atoms with van der Waals surface area (Å²) < 4.78 is 73.8. The van der Waals surface area contributed by atoms with Crippen molar-refractivity contribution in [3.05, 3.63) is 0 Å². The van der Waals surface area contributed by atoms with Gasteiger partial charge in [0, 0.05) is 5.92 Å². The first kappa shape index (κ1) is 17.5. The molecule has 0 bridgehead atoms. The van der Waals surface area contributed by atoms with Crippen molar-refractivity contribution in [3.8, 4) is 0 Å². The molecular weight excluding hydrogens is 295 g/mol. The van der Waals surface area contributed by atoms with E-state index in [9.17, 15) is 22.0 Å². The maximum absolute atomic E-state index is 13.9. The van der Waals surface area contributed by atoms with Gasteiger partial charge in [0.25, 0.3) is 0 Å². The minimum Gasteiger partial charge on any atom is -0.396 e. The summed E-state index contributed by atoms with van der Waals surface area (Å²) in [7, 11) is 0. The van der Waals surface area contributed by atoms with E-state index in [1.807, 2.05) is 0 Å². The van der Waals surface area contributed by atoms with Gasteiger partial charge in [0.2, 0.25) is 0 Å². The summed E-state index contributed by atoms with van der Waals surface area (Å²) in [6.45, 7) is -2.34. The number of alkyl halides is 5. The Hall–Kier alpha value is -0.550. The van der Waals surface area contributed by atoms with Crippen LogP contribution in [-0.2, 0) is 9.47 Å². The normalized spacial score (nSPS) is 33.9. The van der Waals surface area contributed by atoms with E-state index in [2.05, 4.69) is 9.47 Å². The zero-order chi connectivity index (χ0) is 15.8. The molecule has 0 amide bonds. The number of aliphatic hydroxyl groups excluding tert-OH is 2. The van der Waals surface area contributed by atoms with Crippen LogP contribution in [0.2, 0.25) is 0 Å². The molecule has 0 aromatic carbocycles. The molecule has 1 heterocycles. The van der Waals surface area contributed by atoms with Crippen LogP contribution in [-0.4, -0.2) is 65.2 Å². The molecule has 0 aromatic rings. The fourth-order valence-corrected chi connectivity index (χ4v) is 1.64. The SMILES string of the molecule is CC1(OCC(CO)CO)COC(O)(C(F)(F)F)C1(F)F. The number of ether oxygens (including phenoxy) is 2. The molecule has 0 aliphatic carbocycles. The predicted molar refractivity (Wildman–Crippen MR) is 53.9 cm³/mol. The molecule has 1 aliphatic heterocycles. The van der Waals surface area contributed by atoms with Crippen molar-refractivity contribution in [2.24, 2.45) is 5.92 Å². The number of rotatable bonds is 5. The van der Waals surface area contributed by atoms with Gasteiger partial charge in [-0.05, 0) is 6.92 Å². The highest BCUT2D eigenvalue weighted by Crippen LogP contribution is 2.54. The van der Waals surface area contributed by atoms with Gasteiger partial charge in [-0.25, -0.2) is 0 Å². The number of aliphatic hydroxyl groups is 3. The average Bonchev–Trinajstić information content (AvgIpc) is 2.52. The number of halogens is 5. The lowest BCUT2D eigenvalue weighted by atomic mass is 9.94. The van der Waals surface area contributed by atoms with Gasteiger partial charge in [-0.1, -0.05) is 0 Å². The summed E-state index contributed by atoms with van der Waals surface area (Å²) >= 11 is 0. The van der Waals surface area contributed by atoms with Crippen LogP contribution in [0.25, 0.3) is 0 Å². The fourth-order valence-electron chi connectivity index (χ4n) is 1.64. The van der Waals surface area contributed by atoms with E-state index in [1.165, 1.54) is 0 Å².